The number of aryl methyl sites for hydroxylation is 1. The first kappa shape index (κ1) is 16.7. The number of aromatic nitrogens is 4. The number of pyridine rings is 2. The molecule has 134 valence electrons. The fourth-order valence-electron chi connectivity index (χ4n) is 3.52. The molecule has 1 fully saturated rings. The third kappa shape index (κ3) is 4.08. The van der Waals surface area contributed by atoms with Crippen molar-refractivity contribution in [3.8, 4) is 0 Å². The molecule has 4 heterocycles. The van der Waals surface area contributed by atoms with Crippen LogP contribution in [-0.4, -0.2) is 37.9 Å². The quantitative estimate of drug-likeness (QED) is 0.737. The predicted octanol–water partition coefficient (Wildman–Crippen LogP) is 3.63. The fourth-order valence-corrected chi connectivity index (χ4v) is 3.52. The van der Waals surface area contributed by atoms with Gasteiger partial charge in [0.15, 0.2) is 0 Å². The van der Waals surface area contributed by atoms with Gasteiger partial charge >= 0.3 is 0 Å². The minimum absolute atomic E-state index is 0.477. The Balaban J connectivity index is 1.39. The van der Waals surface area contributed by atoms with E-state index in [1.807, 2.05) is 43.7 Å². The van der Waals surface area contributed by atoms with Crippen molar-refractivity contribution in [2.75, 3.05) is 18.4 Å². The zero-order valence-corrected chi connectivity index (χ0v) is 15.0. The Bertz CT molecular complexity index is 828. The molecule has 4 rings (SSSR count). The van der Waals surface area contributed by atoms with Crippen molar-refractivity contribution in [2.45, 2.75) is 32.2 Å². The summed E-state index contributed by atoms with van der Waals surface area (Å²) in [6.07, 6.45) is 7.99. The summed E-state index contributed by atoms with van der Waals surface area (Å²) in [4.78, 5) is 19.2. The molecule has 1 atom stereocenters. The number of piperidine rings is 1. The molecule has 1 aliphatic rings. The number of aromatic amines is 1. The summed E-state index contributed by atoms with van der Waals surface area (Å²) in [5.41, 5.74) is 3.13. The van der Waals surface area contributed by atoms with Gasteiger partial charge in [0.05, 0.1) is 18.4 Å². The molecule has 0 spiro atoms. The van der Waals surface area contributed by atoms with Crippen LogP contribution in [0.1, 0.15) is 36.0 Å². The lowest BCUT2D eigenvalue weighted by molar-refractivity contribution is 0.194. The Morgan fingerprint density at radius 3 is 2.96 bits per heavy atom. The van der Waals surface area contributed by atoms with E-state index in [9.17, 15) is 0 Å². The average Bonchev–Trinajstić information content (AvgIpc) is 3.16. The third-order valence-electron chi connectivity index (χ3n) is 4.80. The van der Waals surface area contributed by atoms with E-state index >= 15 is 0 Å². The molecule has 26 heavy (non-hydrogen) atoms. The summed E-state index contributed by atoms with van der Waals surface area (Å²) in [6, 6.07) is 10.2. The minimum Gasteiger partial charge on any atom is -0.348 e. The molecule has 1 unspecified atom stereocenters. The molecule has 3 aromatic rings. The summed E-state index contributed by atoms with van der Waals surface area (Å²) < 4.78 is 0. The number of anilines is 2. The molecular formula is C20H24N6. The zero-order valence-electron chi connectivity index (χ0n) is 15.0. The van der Waals surface area contributed by atoms with Crippen molar-refractivity contribution in [1.29, 1.82) is 0 Å². The van der Waals surface area contributed by atoms with Gasteiger partial charge in [-0.05, 0) is 50.6 Å². The van der Waals surface area contributed by atoms with Crippen LogP contribution in [0.3, 0.4) is 0 Å². The van der Waals surface area contributed by atoms with Crippen LogP contribution in [0.15, 0.2) is 48.9 Å². The van der Waals surface area contributed by atoms with Gasteiger partial charge in [0.2, 0.25) is 0 Å². The van der Waals surface area contributed by atoms with Crippen molar-refractivity contribution in [1.82, 2.24) is 24.8 Å². The van der Waals surface area contributed by atoms with Crippen LogP contribution in [0.5, 0.6) is 0 Å². The third-order valence-corrected chi connectivity index (χ3v) is 4.80. The highest BCUT2D eigenvalue weighted by molar-refractivity contribution is 5.55. The number of nitrogens with zero attached hydrogens (tertiary/aromatic N) is 4. The van der Waals surface area contributed by atoms with Crippen LogP contribution < -0.4 is 5.32 Å². The van der Waals surface area contributed by atoms with Crippen molar-refractivity contribution < 1.29 is 0 Å². The standard InChI is InChI=1S/C20H24N6/c1-15-4-2-6-19(24-15)25-17-7-8-18(23-12-17)16-5-3-11-26(13-16)14-20-21-9-10-22-20/h2,4,6-10,12,16H,3,5,11,13-14H2,1H3,(H,21,22)(H,24,25). The van der Waals surface area contributed by atoms with Crippen molar-refractivity contribution in [3.63, 3.8) is 0 Å². The predicted molar refractivity (Wildman–Crippen MR) is 102 cm³/mol. The normalized spacial score (nSPS) is 18.0. The van der Waals surface area contributed by atoms with Gasteiger partial charge in [-0.25, -0.2) is 9.97 Å². The van der Waals surface area contributed by atoms with E-state index in [4.69, 9.17) is 4.98 Å². The highest BCUT2D eigenvalue weighted by Gasteiger charge is 2.22. The highest BCUT2D eigenvalue weighted by atomic mass is 15.2. The molecule has 0 saturated carbocycles. The maximum absolute atomic E-state index is 4.71. The Morgan fingerprint density at radius 2 is 2.19 bits per heavy atom. The van der Waals surface area contributed by atoms with Gasteiger partial charge in [-0.3, -0.25) is 9.88 Å². The number of likely N-dealkylation sites (tertiary alicyclic amines) is 1. The topological polar surface area (TPSA) is 69.7 Å². The van der Waals surface area contributed by atoms with Crippen molar-refractivity contribution in [2.24, 2.45) is 0 Å². The molecule has 0 radical (unpaired) electrons. The van der Waals surface area contributed by atoms with Crippen LogP contribution in [0.4, 0.5) is 11.5 Å². The Morgan fingerprint density at radius 1 is 1.23 bits per heavy atom. The second-order valence-electron chi connectivity index (χ2n) is 6.87. The zero-order chi connectivity index (χ0) is 17.8. The van der Waals surface area contributed by atoms with Gasteiger partial charge < -0.3 is 10.3 Å². The van der Waals surface area contributed by atoms with Gasteiger partial charge in [0, 0.05) is 36.2 Å². The highest BCUT2D eigenvalue weighted by Crippen LogP contribution is 2.27. The Kier molecular flexibility index (Phi) is 4.93. The second kappa shape index (κ2) is 7.66. The lowest BCUT2D eigenvalue weighted by Gasteiger charge is -2.31. The molecule has 2 N–H and O–H groups in total. The van der Waals surface area contributed by atoms with E-state index in [1.54, 1.807) is 0 Å². The number of imidazole rings is 1. The largest absolute Gasteiger partial charge is 0.348 e. The average molecular weight is 348 g/mol. The van der Waals surface area contributed by atoms with Crippen LogP contribution in [0, 0.1) is 6.92 Å². The first-order valence-corrected chi connectivity index (χ1v) is 9.13. The van der Waals surface area contributed by atoms with Crippen molar-refractivity contribution in [3.05, 3.63) is 66.1 Å². The fraction of sp³-hybridized carbons (Fsp3) is 0.350. The summed E-state index contributed by atoms with van der Waals surface area (Å²) in [5.74, 6) is 2.36. The lowest BCUT2D eigenvalue weighted by atomic mass is 9.94. The molecular weight excluding hydrogens is 324 g/mol. The van der Waals surface area contributed by atoms with Crippen LogP contribution in [0.2, 0.25) is 0 Å². The van der Waals surface area contributed by atoms with Gasteiger partial charge in [-0.2, -0.15) is 0 Å². The first-order valence-electron chi connectivity index (χ1n) is 9.13. The maximum atomic E-state index is 4.71. The smallest absolute Gasteiger partial charge is 0.130 e. The second-order valence-corrected chi connectivity index (χ2v) is 6.87. The first-order chi connectivity index (χ1) is 12.8. The van der Waals surface area contributed by atoms with E-state index in [-0.39, 0.29) is 0 Å². The monoisotopic (exact) mass is 348 g/mol. The molecule has 0 bridgehead atoms. The van der Waals surface area contributed by atoms with Crippen molar-refractivity contribution >= 4 is 11.5 Å². The van der Waals surface area contributed by atoms with E-state index in [1.165, 1.54) is 12.8 Å². The minimum atomic E-state index is 0.477. The van der Waals surface area contributed by atoms with Gasteiger partial charge in [-0.1, -0.05) is 6.07 Å². The number of nitrogens with one attached hydrogen (secondary N) is 2. The Labute approximate surface area is 153 Å². The van der Waals surface area contributed by atoms with E-state index in [0.29, 0.717) is 5.92 Å². The summed E-state index contributed by atoms with van der Waals surface area (Å²) in [6.45, 7) is 5.02. The van der Waals surface area contributed by atoms with E-state index in [2.05, 4.69) is 37.3 Å². The lowest BCUT2D eigenvalue weighted by Crippen LogP contribution is -2.34. The summed E-state index contributed by atoms with van der Waals surface area (Å²) in [7, 11) is 0. The number of hydrogen-bond donors (Lipinski definition) is 2. The number of rotatable bonds is 5. The molecule has 6 heteroatoms. The number of hydrogen-bond acceptors (Lipinski definition) is 5. The molecule has 0 aliphatic carbocycles. The van der Waals surface area contributed by atoms with Gasteiger partial charge in [0.25, 0.3) is 0 Å². The molecule has 1 aliphatic heterocycles. The molecule has 1 saturated heterocycles. The van der Waals surface area contributed by atoms with E-state index < -0.39 is 0 Å². The van der Waals surface area contributed by atoms with Gasteiger partial charge in [-0.15, -0.1) is 0 Å². The summed E-state index contributed by atoms with van der Waals surface area (Å²) in [5, 5.41) is 3.32. The maximum Gasteiger partial charge on any atom is 0.130 e. The molecule has 3 aromatic heterocycles. The van der Waals surface area contributed by atoms with Crippen LogP contribution in [0.25, 0.3) is 0 Å². The number of H-pyrrole nitrogens is 1. The summed E-state index contributed by atoms with van der Waals surface area (Å²) >= 11 is 0. The SMILES string of the molecule is Cc1cccc(Nc2ccc(C3CCCN(Cc4ncc[nH]4)C3)nc2)n1. The van der Waals surface area contributed by atoms with E-state index in [0.717, 1.165) is 48.4 Å². The van der Waals surface area contributed by atoms with Crippen LogP contribution in [-0.2, 0) is 6.54 Å². The molecule has 0 amide bonds. The van der Waals surface area contributed by atoms with Gasteiger partial charge in [0.1, 0.15) is 11.6 Å². The molecule has 6 nitrogen and oxygen atoms in total. The molecule has 0 aromatic carbocycles. The van der Waals surface area contributed by atoms with Crippen LogP contribution >= 0.6 is 0 Å². The Hall–Kier alpha value is -2.73.